The van der Waals surface area contributed by atoms with Gasteiger partial charge in [0.25, 0.3) is 0 Å². The molecule has 0 spiro atoms. The van der Waals surface area contributed by atoms with Crippen molar-refractivity contribution in [2.24, 2.45) is 7.05 Å². The van der Waals surface area contributed by atoms with Crippen molar-refractivity contribution in [3.05, 3.63) is 36.4 Å². The van der Waals surface area contributed by atoms with Crippen LogP contribution in [0.15, 0.2) is 30.6 Å². The number of nitrogens with two attached hydrogens (primary N) is 1. The smallest absolute Gasteiger partial charge is 0.146 e. The van der Waals surface area contributed by atoms with Crippen LogP contribution in [0.1, 0.15) is 5.82 Å². The highest BCUT2D eigenvalue weighted by atomic mass is 15.3. The van der Waals surface area contributed by atoms with Crippen molar-refractivity contribution in [2.45, 2.75) is 6.54 Å². The summed E-state index contributed by atoms with van der Waals surface area (Å²) in [5, 5.41) is 4.03. The Kier molecular flexibility index (Phi) is 2.76. The molecule has 5 heteroatoms. The van der Waals surface area contributed by atoms with Crippen molar-refractivity contribution >= 4 is 11.4 Å². The Balaban J connectivity index is 2.18. The van der Waals surface area contributed by atoms with E-state index in [9.17, 15) is 0 Å². The molecule has 0 bridgehead atoms. The fourth-order valence-electron chi connectivity index (χ4n) is 1.60. The fraction of sp³-hybridized carbons (Fsp3) is 0.273. The summed E-state index contributed by atoms with van der Waals surface area (Å²) in [4.78, 5) is 6.24. The Bertz CT molecular complexity index is 477. The lowest BCUT2D eigenvalue weighted by molar-refractivity contribution is 0.689. The van der Waals surface area contributed by atoms with Crippen molar-refractivity contribution in [2.75, 3.05) is 17.7 Å². The summed E-state index contributed by atoms with van der Waals surface area (Å²) in [5.74, 6) is 0.908. The van der Waals surface area contributed by atoms with Crippen LogP contribution in [0.5, 0.6) is 0 Å². The lowest BCUT2D eigenvalue weighted by Crippen LogP contribution is -2.20. The molecule has 0 radical (unpaired) electrons. The van der Waals surface area contributed by atoms with Crippen LogP contribution in [0.2, 0.25) is 0 Å². The molecule has 1 heterocycles. The molecule has 1 aromatic heterocycles. The van der Waals surface area contributed by atoms with Crippen LogP contribution < -0.4 is 10.6 Å². The van der Waals surface area contributed by atoms with Gasteiger partial charge >= 0.3 is 0 Å². The third-order valence-electron chi connectivity index (χ3n) is 2.53. The van der Waals surface area contributed by atoms with Crippen LogP contribution in [0.4, 0.5) is 11.4 Å². The number of para-hydroxylation sites is 2. The van der Waals surface area contributed by atoms with Gasteiger partial charge in [0.1, 0.15) is 12.2 Å². The van der Waals surface area contributed by atoms with Crippen molar-refractivity contribution < 1.29 is 0 Å². The highest BCUT2D eigenvalue weighted by molar-refractivity contribution is 5.66. The summed E-state index contributed by atoms with van der Waals surface area (Å²) in [5.41, 5.74) is 7.68. The summed E-state index contributed by atoms with van der Waals surface area (Å²) >= 11 is 0. The molecule has 0 fully saturated rings. The summed E-state index contributed by atoms with van der Waals surface area (Å²) < 4.78 is 1.76. The predicted molar refractivity (Wildman–Crippen MR) is 64.0 cm³/mol. The fourth-order valence-corrected chi connectivity index (χ4v) is 1.60. The maximum Gasteiger partial charge on any atom is 0.146 e. The molecular formula is C11H15N5. The quantitative estimate of drug-likeness (QED) is 0.780. The topological polar surface area (TPSA) is 60.0 Å². The highest BCUT2D eigenvalue weighted by Crippen LogP contribution is 2.21. The molecule has 0 atom stereocenters. The molecule has 2 aromatic rings. The van der Waals surface area contributed by atoms with E-state index in [1.807, 2.05) is 38.4 Å². The number of aryl methyl sites for hydroxylation is 1. The lowest BCUT2D eigenvalue weighted by Gasteiger charge is -2.20. The molecule has 0 aliphatic heterocycles. The minimum Gasteiger partial charge on any atom is -0.397 e. The van der Waals surface area contributed by atoms with Gasteiger partial charge < -0.3 is 10.6 Å². The van der Waals surface area contributed by atoms with E-state index in [0.717, 1.165) is 17.2 Å². The summed E-state index contributed by atoms with van der Waals surface area (Å²) in [6.45, 7) is 0.685. The largest absolute Gasteiger partial charge is 0.397 e. The third-order valence-corrected chi connectivity index (χ3v) is 2.53. The SMILES string of the molecule is CN(Cc1ncnn1C)c1ccccc1N. The average molecular weight is 217 g/mol. The van der Waals surface area contributed by atoms with E-state index >= 15 is 0 Å². The van der Waals surface area contributed by atoms with Gasteiger partial charge in [0.05, 0.1) is 17.9 Å². The van der Waals surface area contributed by atoms with Gasteiger partial charge in [-0.3, -0.25) is 4.68 Å². The van der Waals surface area contributed by atoms with E-state index in [2.05, 4.69) is 15.0 Å². The zero-order valence-corrected chi connectivity index (χ0v) is 9.46. The molecule has 0 aliphatic rings. The van der Waals surface area contributed by atoms with E-state index in [1.165, 1.54) is 0 Å². The maximum absolute atomic E-state index is 5.90. The van der Waals surface area contributed by atoms with E-state index in [-0.39, 0.29) is 0 Å². The second kappa shape index (κ2) is 4.22. The molecule has 2 N–H and O–H groups in total. The second-order valence-electron chi connectivity index (χ2n) is 3.71. The normalized spacial score (nSPS) is 10.4. The van der Waals surface area contributed by atoms with Gasteiger partial charge in [0, 0.05) is 14.1 Å². The van der Waals surface area contributed by atoms with E-state index in [0.29, 0.717) is 6.54 Å². The van der Waals surface area contributed by atoms with Crippen LogP contribution in [0.3, 0.4) is 0 Å². The Labute approximate surface area is 94.5 Å². The number of nitrogen functional groups attached to an aromatic ring is 1. The molecular weight excluding hydrogens is 202 g/mol. The van der Waals surface area contributed by atoms with Crippen LogP contribution >= 0.6 is 0 Å². The minimum atomic E-state index is 0.685. The Morgan fingerprint density at radius 2 is 2.12 bits per heavy atom. The molecule has 84 valence electrons. The first kappa shape index (κ1) is 10.5. The minimum absolute atomic E-state index is 0.685. The van der Waals surface area contributed by atoms with Crippen LogP contribution in [0.25, 0.3) is 0 Å². The van der Waals surface area contributed by atoms with Gasteiger partial charge in [-0.2, -0.15) is 5.10 Å². The number of hydrogen-bond donors (Lipinski definition) is 1. The molecule has 0 unspecified atom stereocenters. The Morgan fingerprint density at radius 1 is 1.38 bits per heavy atom. The molecule has 0 saturated carbocycles. The highest BCUT2D eigenvalue weighted by Gasteiger charge is 2.08. The summed E-state index contributed by atoms with van der Waals surface area (Å²) in [6, 6.07) is 7.78. The molecule has 0 saturated heterocycles. The third kappa shape index (κ3) is 1.98. The first-order chi connectivity index (χ1) is 7.68. The molecule has 2 rings (SSSR count). The Morgan fingerprint density at radius 3 is 2.75 bits per heavy atom. The van der Waals surface area contributed by atoms with Gasteiger partial charge in [-0.15, -0.1) is 0 Å². The summed E-state index contributed by atoms with van der Waals surface area (Å²) in [7, 11) is 3.87. The van der Waals surface area contributed by atoms with E-state index in [1.54, 1.807) is 11.0 Å². The van der Waals surface area contributed by atoms with Crippen molar-refractivity contribution in [3.63, 3.8) is 0 Å². The molecule has 16 heavy (non-hydrogen) atoms. The van der Waals surface area contributed by atoms with Gasteiger partial charge in [0.2, 0.25) is 0 Å². The molecule has 0 amide bonds. The Hall–Kier alpha value is -2.04. The number of rotatable bonds is 3. The average Bonchev–Trinajstić information content (AvgIpc) is 2.65. The van der Waals surface area contributed by atoms with E-state index in [4.69, 9.17) is 5.73 Å². The number of hydrogen-bond acceptors (Lipinski definition) is 4. The van der Waals surface area contributed by atoms with Gasteiger partial charge in [-0.05, 0) is 12.1 Å². The molecule has 5 nitrogen and oxygen atoms in total. The summed E-state index contributed by atoms with van der Waals surface area (Å²) in [6.07, 6.45) is 1.55. The van der Waals surface area contributed by atoms with Crippen LogP contribution in [0, 0.1) is 0 Å². The molecule has 0 aliphatic carbocycles. The number of benzene rings is 1. The first-order valence-corrected chi connectivity index (χ1v) is 5.07. The number of anilines is 2. The van der Waals surface area contributed by atoms with Gasteiger partial charge in [0.15, 0.2) is 0 Å². The number of nitrogens with zero attached hydrogens (tertiary/aromatic N) is 4. The monoisotopic (exact) mass is 217 g/mol. The van der Waals surface area contributed by atoms with Crippen LogP contribution in [-0.4, -0.2) is 21.8 Å². The van der Waals surface area contributed by atoms with Crippen LogP contribution in [-0.2, 0) is 13.6 Å². The lowest BCUT2D eigenvalue weighted by atomic mass is 10.2. The predicted octanol–water partition coefficient (Wildman–Crippen LogP) is 1.03. The van der Waals surface area contributed by atoms with Crippen molar-refractivity contribution in [1.82, 2.24) is 14.8 Å². The standard InChI is InChI=1S/C11H15N5/c1-15(7-11-13-8-14-16(11)2)10-6-4-3-5-9(10)12/h3-6,8H,7,12H2,1-2H3. The molecule has 1 aromatic carbocycles. The van der Waals surface area contributed by atoms with Crippen molar-refractivity contribution in [1.29, 1.82) is 0 Å². The van der Waals surface area contributed by atoms with Gasteiger partial charge in [-0.25, -0.2) is 4.98 Å². The van der Waals surface area contributed by atoms with Crippen molar-refractivity contribution in [3.8, 4) is 0 Å². The van der Waals surface area contributed by atoms with Gasteiger partial charge in [-0.1, -0.05) is 12.1 Å². The second-order valence-corrected chi connectivity index (χ2v) is 3.71. The number of aromatic nitrogens is 3. The zero-order chi connectivity index (χ0) is 11.5. The first-order valence-electron chi connectivity index (χ1n) is 5.07. The maximum atomic E-state index is 5.90. The zero-order valence-electron chi connectivity index (χ0n) is 9.46. The van der Waals surface area contributed by atoms with E-state index < -0.39 is 0 Å².